The number of anilines is 1. The second-order valence-corrected chi connectivity index (χ2v) is 12.0. The number of piperidine rings is 1. The molecule has 2 N–H and O–H groups in total. The summed E-state index contributed by atoms with van der Waals surface area (Å²) in [6.45, 7) is 7.03. The van der Waals surface area contributed by atoms with Crippen LogP contribution in [0.25, 0.3) is 11.0 Å². The molecule has 3 aromatic carbocycles. The summed E-state index contributed by atoms with van der Waals surface area (Å²) < 4.78 is 8.09. The van der Waals surface area contributed by atoms with Gasteiger partial charge in [-0.2, -0.15) is 0 Å². The molecule has 1 aliphatic rings. The zero-order valence-electron chi connectivity index (χ0n) is 24.3. The van der Waals surface area contributed by atoms with Gasteiger partial charge in [-0.1, -0.05) is 91.0 Å². The number of carbonyl (C=O) groups excluding carboxylic acids is 1. The van der Waals surface area contributed by atoms with E-state index in [1.807, 2.05) is 39.0 Å². The van der Waals surface area contributed by atoms with Crippen molar-refractivity contribution >= 4 is 22.8 Å². The SMILES string of the molecule is CC(C)(C)C(=O)OC1CNCC(Nc2ncnc3c2ccn3C(c2ccccc2)(c2ccccc2)c2ccccc2)C1. The van der Waals surface area contributed by atoms with Gasteiger partial charge in [0.05, 0.1) is 10.8 Å². The number of nitrogens with one attached hydrogen (secondary N) is 2. The quantitative estimate of drug-likeness (QED) is 0.188. The van der Waals surface area contributed by atoms with Crippen LogP contribution in [0.2, 0.25) is 0 Å². The Balaban J connectivity index is 1.43. The van der Waals surface area contributed by atoms with Gasteiger partial charge in [0.25, 0.3) is 0 Å². The predicted octanol–water partition coefficient (Wildman–Crippen LogP) is 6.00. The van der Waals surface area contributed by atoms with Crippen LogP contribution in [0.4, 0.5) is 5.82 Å². The summed E-state index contributed by atoms with van der Waals surface area (Å²) in [7, 11) is 0. The second kappa shape index (κ2) is 11.4. The fourth-order valence-corrected chi connectivity index (χ4v) is 5.92. The first kappa shape index (κ1) is 27.7. The fraction of sp³-hybridized carbons (Fsp3) is 0.286. The molecule has 0 amide bonds. The summed E-state index contributed by atoms with van der Waals surface area (Å²) in [5.74, 6) is 0.576. The standard InChI is InChI=1S/C35H37N5O2/c1-34(2,3)33(41)42-29-21-28(22-36-23-29)39-31-30-19-20-40(32(30)38-24-37-31)35(25-13-7-4-8-14-25,26-15-9-5-10-16-26)27-17-11-6-12-18-27/h4-20,24,28-29,36H,21-23H2,1-3H3,(H,37,38,39). The van der Waals surface area contributed by atoms with Crippen molar-refractivity contribution in [2.75, 3.05) is 18.4 Å². The lowest BCUT2D eigenvalue weighted by Gasteiger charge is -2.38. The van der Waals surface area contributed by atoms with Gasteiger partial charge in [0.15, 0.2) is 0 Å². The number of ether oxygens (including phenoxy) is 1. The molecule has 0 radical (unpaired) electrons. The van der Waals surface area contributed by atoms with Gasteiger partial charge in [0, 0.05) is 31.7 Å². The normalized spacial score (nSPS) is 17.6. The topological polar surface area (TPSA) is 81.1 Å². The van der Waals surface area contributed by atoms with Crippen molar-refractivity contribution in [3.8, 4) is 0 Å². The molecule has 6 rings (SSSR count). The molecule has 1 aliphatic heterocycles. The molecule has 214 valence electrons. The van der Waals surface area contributed by atoms with Crippen LogP contribution in [0, 0.1) is 5.41 Å². The van der Waals surface area contributed by atoms with Crippen LogP contribution in [0.3, 0.4) is 0 Å². The van der Waals surface area contributed by atoms with Crippen LogP contribution < -0.4 is 10.6 Å². The van der Waals surface area contributed by atoms with E-state index in [4.69, 9.17) is 9.72 Å². The van der Waals surface area contributed by atoms with Gasteiger partial charge in [-0.3, -0.25) is 4.79 Å². The van der Waals surface area contributed by atoms with Crippen molar-refractivity contribution in [2.45, 2.75) is 44.9 Å². The van der Waals surface area contributed by atoms with Crippen LogP contribution in [0.1, 0.15) is 43.9 Å². The van der Waals surface area contributed by atoms with Crippen molar-refractivity contribution in [3.05, 3.63) is 126 Å². The average molecular weight is 560 g/mol. The number of carbonyl (C=O) groups is 1. The van der Waals surface area contributed by atoms with Gasteiger partial charge in [0.2, 0.25) is 0 Å². The Labute approximate surface area is 247 Å². The van der Waals surface area contributed by atoms with Crippen LogP contribution >= 0.6 is 0 Å². The highest BCUT2D eigenvalue weighted by Crippen LogP contribution is 2.43. The summed E-state index contributed by atoms with van der Waals surface area (Å²) in [5.41, 5.74) is 3.01. The Morgan fingerprint density at radius 1 is 0.833 bits per heavy atom. The minimum Gasteiger partial charge on any atom is -0.461 e. The summed E-state index contributed by atoms with van der Waals surface area (Å²) in [6, 6.07) is 33.9. The summed E-state index contributed by atoms with van der Waals surface area (Å²) in [4.78, 5) is 22.0. The lowest BCUT2D eigenvalue weighted by molar-refractivity contribution is -0.159. The number of benzene rings is 3. The molecule has 3 heterocycles. The number of rotatable bonds is 7. The largest absolute Gasteiger partial charge is 0.461 e. The highest BCUT2D eigenvalue weighted by molar-refractivity contribution is 5.88. The maximum atomic E-state index is 12.5. The molecule has 0 aliphatic carbocycles. The number of esters is 1. The summed E-state index contributed by atoms with van der Waals surface area (Å²) in [6.07, 6.45) is 4.24. The van der Waals surface area contributed by atoms with Gasteiger partial charge in [-0.05, 0) is 43.5 Å². The molecule has 7 heteroatoms. The van der Waals surface area contributed by atoms with Gasteiger partial charge in [-0.15, -0.1) is 0 Å². The highest BCUT2D eigenvalue weighted by atomic mass is 16.5. The Kier molecular flexibility index (Phi) is 7.52. The molecular formula is C35H37N5O2. The molecule has 0 spiro atoms. The second-order valence-electron chi connectivity index (χ2n) is 12.0. The molecule has 1 fully saturated rings. The molecule has 2 unspecified atom stereocenters. The fourth-order valence-electron chi connectivity index (χ4n) is 5.92. The Hall–Kier alpha value is -4.49. The third kappa shape index (κ3) is 5.16. The van der Waals surface area contributed by atoms with E-state index in [0.29, 0.717) is 13.0 Å². The molecule has 2 atom stereocenters. The van der Waals surface area contributed by atoms with E-state index >= 15 is 0 Å². The van der Waals surface area contributed by atoms with E-state index in [1.54, 1.807) is 6.33 Å². The van der Waals surface area contributed by atoms with E-state index in [0.717, 1.165) is 40.1 Å². The van der Waals surface area contributed by atoms with Crippen LogP contribution in [0.5, 0.6) is 0 Å². The van der Waals surface area contributed by atoms with Crippen molar-refractivity contribution in [2.24, 2.45) is 5.41 Å². The lowest BCUT2D eigenvalue weighted by Crippen LogP contribution is -2.48. The third-order valence-corrected chi connectivity index (χ3v) is 7.95. The minimum absolute atomic E-state index is 0.0418. The van der Waals surface area contributed by atoms with E-state index in [1.165, 1.54) is 0 Å². The maximum Gasteiger partial charge on any atom is 0.311 e. The predicted molar refractivity (Wildman–Crippen MR) is 166 cm³/mol. The minimum atomic E-state index is -0.671. The first-order chi connectivity index (χ1) is 20.4. The average Bonchev–Trinajstić information content (AvgIpc) is 3.44. The summed E-state index contributed by atoms with van der Waals surface area (Å²) >= 11 is 0. The number of fused-ring (bicyclic) bond motifs is 1. The Morgan fingerprint density at radius 2 is 1.40 bits per heavy atom. The summed E-state index contributed by atoms with van der Waals surface area (Å²) in [5, 5.41) is 7.98. The number of hydrogen-bond acceptors (Lipinski definition) is 6. The zero-order chi connectivity index (χ0) is 29.2. The molecule has 42 heavy (non-hydrogen) atoms. The van der Waals surface area contributed by atoms with Crippen molar-refractivity contribution in [3.63, 3.8) is 0 Å². The lowest BCUT2D eigenvalue weighted by atomic mass is 9.76. The van der Waals surface area contributed by atoms with Crippen LogP contribution in [-0.2, 0) is 15.1 Å². The molecule has 0 saturated carbocycles. The third-order valence-electron chi connectivity index (χ3n) is 7.95. The maximum absolute atomic E-state index is 12.5. The number of aromatic nitrogens is 3. The van der Waals surface area contributed by atoms with E-state index in [-0.39, 0.29) is 18.1 Å². The van der Waals surface area contributed by atoms with Crippen molar-refractivity contribution < 1.29 is 9.53 Å². The smallest absolute Gasteiger partial charge is 0.311 e. The number of nitrogens with zero attached hydrogens (tertiary/aromatic N) is 3. The Bertz CT molecular complexity index is 1550. The van der Waals surface area contributed by atoms with Gasteiger partial charge in [-0.25, -0.2) is 9.97 Å². The first-order valence-electron chi connectivity index (χ1n) is 14.5. The van der Waals surface area contributed by atoms with E-state index in [9.17, 15) is 4.79 Å². The first-order valence-corrected chi connectivity index (χ1v) is 14.5. The van der Waals surface area contributed by atoms with Crippen molar-refractivity contribution in [1.29, 1.82) is 0 Å². The monoisotopic (exact) mass is 559 g/mol. The molecule has 7 nitrogen and oxygen atoms in total. The molecule has 2 aromatic heterocycles. The molecule has 5 aromatic rings. The molecular weight excluding hydrogens is 522 g/mol. The van der Waals surface area contributed by atoms with Crippen LogP contribution in [0.15, 0.2) is 110 Å². The highest BCUT2D eigenvalue weighted by Gasteiger charge is 2.39. The van der Waals surface area contributed by atoms with Gasteiger partial charge >= 0.3 is 5.97 Å². The zero-order valence-corrected chi connectivity index (χ0v) is 24.3. The van der Waals surface area contributed by atoms with Gasteiger partial charge in [0.1, 0.15) is 29.4 Å². The van der Waals surface area contributed by atoms with E-state index in [2.05, 4.69) is 105 Å². The van der Waals surface area contributed by atoms with Gasteiger partial charge < -0.3 is 19.9 Å². The molecule has 1 saturated heterocycles. The molecule has 0 bridgehead atoms. The number of hydrogen-bond donors (Lipinski definition) is 2. The van der Waals surface area contributed by atoms with Crippen molar-refractivity contribution in [1.82, 2.24) is 19.9 Å². The Morgan fingerprint density at radius 3 is 1.95 bits per heavy atom. The van der Waals surface area contributed by atoms with E-state index < -0.39 is 11.0 Å². The van der Waals surface area contributed by atoms with Crippen LogP contribution in [-0.4, -0.2) is 45.7 Å².